The van der Waals surface area contributed by atoms with Crippen molar-refractivity contribution in [2.24, 2.45) is 4.99 Å². The predicted octanol–water partition coefficient (Wildman–Crippen LogP) is 3.19. The molecule has 3 nitrogen and oxygen atoms in total. The number of aliphatic imine (C=N–C) groups is 1. The summed E-state index contributed by atoms with van der Waals surface area (Å²) in [6, 6.07) is 3.70. The number of hydrogen-bond donors (Lipinski definition) is 0. The molecule has 0 atom stereocenters. The third-order valence-corrected chi connectivity index (χ3v) is 1.89. The third kappa shape index (κ3) is 1.23. The van der Waals surface area contributed by atoms with Crippen LogP contribution in [-0.4, -0.2) is 11.2 Å². The van der Waals surface area contributed by atoms with Crippen LogP contribution in [0.25, 0.3) is 17.2 Å². The summed E-state index contributed by atoms with van der Waals surface area (Å²) in [6.07, 6.45) is 5.08. The molecule has 0 N–H and O–H groups in total. The summed E-state index contributed by atoms with van der Waals surface area (Å²) in [5, 5.41) is 0. The van der Waals surface area contributed by atoms with Crippen molar-refractivity contribution in [2.75, 3.05) is 0 Å². The molecule has 0 saturated carbocycles. The van der Waals surface area contributed by atoms with Crippen LogP contribution in [0.5, 0.6) is 0 Å². The van der Waals surface area contributed by atoms with Gasteiger partial charge in [0, 0.05) is 12.4 Å². The molecule has 0 fully saturated rings. The van der Waals surface area contributed by atoms with Crippen LogP contribution in [0.3, 0.4) is 0 Å². The Morgan fingerprint density at radius 2 is 2.43 bits per heavy atom. The Bertz CT molecular complexity index is 497. The first-order valence-corrected chi connectivity index (χ1v) is 4.35. The van der Waals surface area contributed by atoms with Gasteiger partial charge in [-0.2, -0.15) is 0 Å². The van der Waals surface area contributed by atoms with Crippen molar-refractivity contribution in [1.29, 1.82) is 0 Å². The Kier molecular flexibility index (Phi) is 2.14. The summed E-state index contributed by atoms with van der Waals surface area (Å²) in [5.41, 5.74) is 2.27. The van der Waals surface area contributed by atoms with Gasteiger partial charge in [0.25, 0.3) is 0 Å². The Hall–Kier alpha value is -1.90. The fraction of sp³-hybridized carbons (Fsp3) is 0.0909. The number of rotatable bonds is 2. The number of fused-ring (bicyclic) bond motifs is 1. The van der Waals surface area contributed by atoms with Gasteiger partial charge in [0.1, 0.15) is 11.2 Å². The fourth-order valence-electron chi connectivity index (χ4n) is 1.33. The van der Waals surface area contributed by atoms with E-state index in [9.17, 15) is 0 Å². The summed E-state index contributed by atoms with van der Waals surface area (Å²) in [6.45, 7) is 5.53. The van der Waals surface area contributed by atoms with E-state index in [0.29, 0.717) is 5.76 Å². The third-order valence-electron chi connectivity index (χ3n) is 1.89. The molecule has 2 aromatic heterocycles. The first-order valence-electron chi connectivity index (χ1n) is 4.35. The Balaban J connectivity index is 2.80. The Morgan fingerprint density at radius 3 is 3.14 bits per heavy atom. The van der Waals surface area contributed by atoms with Crippen LogP contribution in [0, 0.1) is 0 Å². The summed E-state index contributed by atoms with van der Waals surface area (Å²) < 4.78 is 5.51. The Morgan fingerprint density at radius 1 is 1.57 bits per heavy atom. The van der Waals surface area contributed by atoms with E-state index in [0.717, 1.165) is 16.8 Å². The molecule has 0 aliphatic heterocycles. The zero-order valence-electron chi connectivity index (χ0n) is 7.90. The van der Waals surface area contributed by atoms with Gasteiger partial charge in [-0.15, -0.1) is 0 Å². The summed E-state index contributed by atoms with van der Waals surface area (Å²) in [4.78, 5) is 8.43. The minimum atomic E-state index is 0.664. The number of furan rings is 1. The van der Waals surface area contributed by atoms with Crippen LogP contribution >= 0.6 is 0 Å². The van der Waals surface area contributed by atoms with Crippen LogP contribution in [-0.2, 0) is 0 Å². The van der Waals surface area contributed by atoms with Crippen molar-refractivity contribution >= 4 is 29.1 Å². The fourth-order valence-corrected chi connectivity index (χ4v) is 1.33. The van der Waals surface area contributed by atoms with Crippen LogP contribution in [0.4, 0.5) is 5.69 Å². The highest BCUT2D eigenvalue weighted by Crippen LogP contribution is 2.31. The van der Waals surface area contributed by atoms with Gasteiger partial charge in [-0.1, -0.05) is 6.58 Å². The molecule has 14 heavy (non-hydrogen) atoms. The zero-order chi connectivity index (χ0) is 9.97. The molecule has 0 unspecified atom stereocenters. The van der Waals surface area contributed by atoms with Gasteiger partial charge in [-0.3, -0.25) is 9.98 Å². The normalized spacial score (nSPS) is 11.2. The predicted molar refractivity (Wildman–Crippen MR) is 57.9 cm³/mol. The maximum absolute atomic E-state index is 5.51. The minimum Gasteiger partial charge on any atom is -0.453 e. The van der Waals surface area contributed by atoms with Crippen LogP contribution < -0.4 is 0 Å². The smallest absolute Gasteiger partial charge is 0.155 e. The summed E-state index contributed by atoms with van der Waals surface area (Å²) >= 11 is 0. The molecule has 0 saturated heterocycles. The van der Waals surface area contributed by atoms with E-state index in [1.54, 1.807) is 18.5 Å². The van der Waals surface area contributed by atoms with E-state index in [-0.39, 0.29) is 0 Å². The molecular formula is C11H10N2O. The standard InChI is InChI=1S/C11H10N2O/c1-3-8-10(12-4-2)11-9(14-8)6-5-7-13-11/h3-7H,1H2,2H3. The molecule has 0 bridgehead atoms. The van der Waals surface area contributed by atoms with E-state index < -0.39 is 0 Å². The van der Waals surface area contributed by atoms with Gasteiger partial charge in [0.15, 0.2) is 11.3 Å². The van der Waals surface area contributed by atoms with Gasteiger partial charge in [0.05, 0.1) is 0 Å². The number of aromatic nitrogens is 1. The van der Waals surface area contributed by atoms with Gasteiger partial charge in [-0.25, -0.2) is 0 Å². The van der Waals surface area contributed by atoms with E-state index in [1.165, 1.54) is 0 Å². The van der Waals surface area contributed by atoms with Crippen LogP contribution in [0.1, 0.15) is 12.7 Å². The highest BCUT2D eigenvalue weighted by atomic mass is 16.3. The largest absolute Gasteiger partial charge is 0.453 e. The maximum Gasteiger partial charge on any atom is 0.155 e. The van der Waals surface area contributed by atoms with Gasteiger partial charge in [0.2, 0.25) is 0 Å². The van der Waals surface area contributed by atoms with Gasteiger partial charge in [-0.05, 0) is 25.1 Å². The molecule has 0 aliphatic rings. The maximum atomic E-state index is 5.51. The minimum absolute atomic E-state index is 0.664. The van der Waals surface area contributed by atoms with Crippen molar-refractivity contribution in [2.45, 2.75) is 6.92 Å². The van der Waals surface area contributed by atoms with E-state index in [2.05, 4.69) is 16.6 Å². The molecule has 0 amide bonds. The van der Waals surface area contributed by atoms with Crippen molar-refractivity contribution in [1.82, 2.24) is 4.98 Å². The second-order valence-corrected chi connectivity index (χ2v) is 2.76. The van der Waals surface area contributed by atoms with Gasteiger partial charge >= 0.3 is 0 Å². The lowest BCUT2D eigenvalue weighted by Gasteiger charge is -1.88. The molecule has 0 aliphatic carbocycles. The summed E-state index contributed by atoms with van der Waals surface area (Å²) in [7, 11) is 0. The lowest BCUT2D eigenvalue weighted by Crippen LogP contribution is -1.71. The van der Waals surface area contributed by atoms with E-state index in [4.69, 9.17) is 4.42 Å². The van der Waals surface area contributed by atoms with Crippen molar-refractivity contribution in [3.63, 3.8) is 0 Å². The molecule has 70 valence electrons. The van der Waals surface area contributed by atoms with Crippen molar-refractivity contribution in [3.8, 4) is 0 Å². The van der Waals surface area contributed by atoms with E-state index in [1.807, 2.05) is 19.1 Å². The lowest BCUT2D eigenvalue weighted by molar-refractivity contribution is 0.605. The molecule has 2 aromatic rings. The van der Waals surface area contributed by atoms with Crippen LogP contribution in [0.2, 0.25) is 0 Å². The average molecular weight is 186 g/mol. The molecule has 2 heterocycles. The molecule has 2 rings (SSSR count). The van der Waals surface area contributed by atoms with Crippen LogP contribution in [0.15, 0.2) is 34.3 Å². The first kappa shape index (κ1) is 8.69. The zero-order valence-corrected chi connectivity index (χ0v) is 7.90. The van der Waals surface area contributed by atoms with Crippen molar-refractivity contribution < 1.29 is 4.42 Å². The molecule has 0 aromatic carbocycles. The quantitative estimate of drug-likeness (QED) is 0.675. The highest BCUT2D eigenvalue weighted by Gasteiger charge is 2.10. The number of nitrogens with zero attached hydrogens (tertiary/aromatic N) is 2. The summed E-state index contributed by atoms with van der Waals surface area (Å²) in [5.74, 6) is 0.664. The lowest BCUT2D eigenvalue weighted by atomic mass is 10.3. The van der Waals surface area contributed by atoms with Gasteiger partial charge < -0.3 is 4.42 Å². The Labute approximate surface area is 81.8 Å². The number of hydrogen-bond acceptors (Lipinski definition) is 3. The second-order valence-electron chi connectivity index (χ2n) is 2.76. The molecule has 0 spiro atoms. The first-order chi connectivity index (χ1) is 6.86. The topological polar surface area (TPSA) is 38.4 Å². The van der Waals surface area contributed by atoms with Crippen molar-refractivity contribution in [3.05, 3.63) is 30.7 Å². The molecule has 3 heteroatoms. The monoisotopic (exact) mass is 186 g/mol. The number of pyridine rings is 1. The SMILES string of the molecule is C=Cc1oc2cccnc2c1N=CC. The average Bonchev–Trinajstić information content (AvgIpc) is 2.58. The molecule has 0 radical (unpaired) electrons. The second kappa shape index (κ2) is 3.46. The molecular weight excluding hydrogens is 176 g/mol. The van der Waals surface area contributed by atoms with E-state index >= 15 is 0 Å². The highest BCUT2D eigenvalue weighted by molar-refractivity contribution is 5.91.